The standard InChI is InChI=1S/C22H23ClN6O3/c1-13-10-20(30)27-21(24-13)29-19(12-16(28-29)14-6-4-3-5-7-14)26-22(31)25-17-11-15(23)8-9-18(17)32-2/h3-9,11-13,21,24H,10H2,1-2H3,(H,27,30)(H2,25,26,31). The van der Waals surface area contributed by atoms with Crippen LogP contribution in [0.25, 0.3) is 11.3 Å². The number of aromatic nitrogens is 2. The third kappa shape index (κ3) is 4.84. The van der Waals surface area contributed by atoms with Gasteiger partial charge in [0.2, 0.25) is 5.91 Å². The molecule has 4 rings (SSSR count). The number of nitrogens with zero attached hydrogens (tertiary/aromatic N) is 2. The number of hydrogen-bond donors (Lipinski definition) is 4. The minimum atomic E-state index is -0.611. The minimum absolute atomic E-state index is 0.0458. The maximum absolute atomic E-state index is 12.8. The van der Waals surface area contributed by atoms with E-state index in [1.54, 1.807) is 28.9 Å². The van der Waals surface area contributed by atoms with Crippen molar-refractivity contribution < 1.29 is 14.3 Å². The highest BCUT2D eigenvalue weighted by molar-refractivity contribution is 6.31. The average molecular weight is 455 g/mol. The number of hydrogen-bond acceptors (Lipinski definition) is 5. The lowest BCUT2D eigenvalue weighted by Gasteiger charge is -2.30. The molecule has 2 atom stereocenters. The van der Waals surface area contributed by atoms with Gasteiger partial charge in [-0.2, -0.15) is 5.10 Å². The lowest BCUT2D eigenvalue weighted by atomic mass is 10.2. The third-order valence-electron chi connectivity index (χ3n) is 4.93. The molecule has 1 aliphatic heterocycles. The van der Waals surface area contributed by atoms with Crippen LogP contribution in [-0.2, 0) is 4.79 Å². The highest BCUT2D eigenvalue weighted by atomic mass is 35.5. The van der Waals surface area contributed by atoms with Gasteiger partial charge in [0.15, 0.2) is 6.29 Å². The van der Waals surface area contributed by atoms with Gasteiger partial charge in [-0.15, -0.1) is 0 Å². The van der Waals surface area contributed by atoms with Crippen LogP contribution in [0.5, 0.6) is 5.75 Å². The van der Waals surface area contributed by atoms with Gasteiger partial charge in [-0.3, -0.25) is 15.4 Å². The van der Waals surface area contributed by atoms with E-state index in [2.05, 4.69) is 26.4 Å². The molecule has 1 saturated heterocycles. The Kier molecular flexibility index (Phi) is 6.29. The van der Waals surface area contributed by atoms with Crippen LogP contribution < -0.4 is 26.0 Å². The van der Waals surface area contributed by atoms with Crippen molar-refractivity contribution in [1.82, 2.24) is 20.4 Å². The lowest BCUT2D eigenvalue weighted by molar-refractivity contribution is -0.125. The van der Waals surface area contributed by atoms with E-state index in [9.17, 15) is 9.59 Å². The summed E-state index contributed by atoms with van der Waals surface area (Å²) in [5, 5.41) is 16.8. The first-order valence-electron chi connectivity index (χ1n) is 10.0. The number of benzene rings is 2. The van der Waals surface area contributed by atoms with Gasteiger partial charge in [-0.25, -0.2) is 9.48 Å². The Morgan fingerprint density at radius 3 is 2.69 bits per heavy atom. The van der Waals surface area contributed by atoms with Crippen molar-refractivity contribution >= 4 is 35.0 Å². The molecule has 0 spiro atoms. The topological polar surface area (TPSA) is 109 Å². The molecule has 1 aliphatic rings. The van der Waals surface area contributed by atoms with Crippen molar-refractivity contribution in [3.8, 4) is 17.0 Å². The van der Waals surface area contributed by atoms with E-state index in [0.29, 0.717) is 34.4 Å². The molecule has 0 saturated carbocycles. The van der Waals surface area contributed by atoms with Crippen molar-refractivity contribution in [3.63, 3.8) is 0 Å². The zero-order valence-corrected chi connectivity index (χ0v) is 18.3. The zero-order chi connectivity index (χ0) is 22.7. The fourth-order valence-electron chi connectivity index (χ4n) is 3.47. The van der Waals surface area contributed by atoms with E-state index in [4.69, 9.17) is 16.3 Å². The largest absolute Gasteiger partial charge is 0.495 e. The molecular formula is C22H23ClN6O3. The van der Waals surface area contributed by atoms with Crippen LogP contribution in [0, 0.1) is 0 Å². The number of carbonyl (C=O) groups excluding carboxylic acids is 2. The van der Waals surface area contributed by atoms with Crippen molar-refractivity contribution in [2.24, 2.45) is 0 Å². The van der Waals surface area contributed by atoms with Gasteiger partial charge < -0.3 is 15.4 Å². The summed E-state index contributed by atoms with van der Waals surface area (Å²) in [5.41, 5.74) is 1.95. The second-order valence-corrected chi connectivity index (χ2v) is 7.83. The number of nitrogens with one attached hydrogen (secondary N) is 4. The zero-order valence-electron chi connectivity index (χ0n) is 17.6. The fourth-order valence-corrected chi connectivity index (χ4v) is 3.65. The molecule has 0 bridgehead atoms. The Hall–Kier alpha value is -3.56. The molecule has 0 aliphatic carbocycles. The van der Waals surface area contributed by atoms with Gasteiger partial charge in [0, 0.05) is 29.1 Å². The van der Waals surface area contributed by atoms with Gasteiger partial charge in [-0.1, -0.05) is 41.9 Å². The van der Waals surface area contributed by atoms with Gasteiger partial charge in [0.25, 0.3) is 0 Å². The molecule has 1 fully saturated rings. The van der Waals surface area contributed by atoms with Crippen LogP contribution in [0.1, 0.15) is 19.6 Å². The molecule has 9 nitrogen and oxygen atoms in total. The first kappa shape index (κ1) is 21.7. The Bertz CT molecular complexity index is 1130. The van der Waals surface area contributed by atoms with Crippen LogP contribution in [0.4, 0.5) is 16.3 Å². The SMILES string of the molecule is COc1ccc(Cl)cc1NC(=O)Nc1cc(-c2ccccc2)nn1C1NC(=O)CC(C)N1. The van der Waals surface area contributed by atoms with Crippen LogP contribution >= 0.6 is 11.6 Å². The predicted molar refractivity (Wildman–Crippen MR) is 123 cm³/mol. The number of carbonyl (C=O) groups is 2. The Morgan fingerprint density at radius 1 is 1.19 bits per heavy atom. The summed E-state index contributed by atoms with van der Waals surface area (Å²) in [6.07, 6.45) is -0.249. The van der Waals surface area contributed by atoms with Gasteiger partial charge >= 0.3 is 6.03 Å². The van der Waals surface area contributed by atoms with Crippen molar-refractivity contribution in [2.75, 3.05) is 17.7 Å². The Balaban J connectivity index is 1.63. The van der Waals surface area contributed by atoms with Crippen LogP contribution in [0.15, 0.2) is 54.6 Å². The minimum Gasteiger partial charge on any atom is -0.495 e. The van der Waals surface area contributed by atoms with Crippen LogP contribution in [0.2, 0.25) is 5.02 Å². The van der Waals surface area contributed by atoms with E-state index < -0.39 is 12.3 Å². The van der Waals surface area contributed by atoms with E-state index in [1.807, 2.05) is 37.3 Å². The van der Waals surface area contributed by atoms with Crippen LogP contribution in [-0.4, -0.2) is 34.9 Å². The number of rotatable bonds is 5. The maximum Gasteiger partial charge on any atom is 0.324 e. The molecule has 3 amide bonds. The highest BCUT2D eigenvalue weighted by Gasteiger charge is 2.27. The van der Waals surface area contributed by atoms with Crippen molar-refractivity contribution in [2.45, 2.75) is 25.7 Å². The number of ether oxygens (including phenoxy) is 1. The van der Waals surface area contributed by atoms with E-state index in [1.165, 1.54) is 7.11 Å². The first-order valence-corrected chi connectivity index (χ1v) is 10.4. The summed E-state index contributed by atoms with van der Waals surface area (Å²) in [5.74, 6) is 0.768. The normalized spacial score (nSPS) is 18.0. The number of anilines is 2. The highest BCUT2D eigenvalue weighted by Crippen LogP contribution is 2.29. The summed E-state index contributed by atoms with van der Waals surface area (Å²) < 4.78 is 6.83. The summed E-state index contributed by atoms with van der Waals surface area (Å²) in [4.78, 5) is 24.9. The van der Waals surface area contributed by atoms with E-state index in [-0.39, 0.29) is 11.9 Å². The summed E-state index contributed by atoms with van der Waals surface area (Å²) in [6, 6.07) is 15.7. The predicted octanol–water partition coefficient (Wildman–Crippen LogP) is 3.81. The van der Waals surface area contributed by atoms with Gasteiger partial charge in [-0.05, 0) is 25.1 Å². The number of urea groups is 1. The second kappa shape index (κ2) is 9.29. The molecule has 4 N–H and O–H groups in total. The average Bonchev–Trinajstić information content (AvgIpc) is 3.17. The molecule has 0 radical (unpaired) electrons. The third-order valence-corrected chi connectivity index (χ3v) is 5.17. The Morgan fingerprint density at radius 2 is 1.97 bits per heavy atom. The van der Waals surface area contributed by atoms with Crippen LogP contribution in [0.3, 0.4) is 0 Å². The Labute approximate surface area is 190 Å². The van der Waals surface area contributed by atoms with Crippen molar-refractivity contribution in [1.29, 1.82) is 0 Å². The maximum atomic E-state index is 12.8. The molecule has 166 valence electrons. The monoisotopic (exact) mass is 454 g/mol. The number of methoxy groups -OCH3 is 1. The summed E-state index contributed by atoms with van der Waals surface area (Å²) in [7, 11) is 1.51. The van der Waals surface area contributed by atoms with Crippen molar-refractivity contribution in [3.05, 3.63) is 59.6 Å². The molecule has 32 heavy (non-hydrogen) atoms. The van der Waals surface area contributed by atoms with E-state index >= 15 is 0 Å². The second-order valence-electron chi connectivity index (χ2n) is 7.39. The molecule has 2 aromatic carbocycles. The lowest BCUT2D eigenvalue weighted by Crippen LogP contribution is -2.52. The molecule has 2 heterocycles. The smallest absolute Gasteiger partial charge is 0.324 e. The fraction of sp³-hybridized carbons (Fsp3) is 0.227. The molecule has 1 aromatic heterocycles. The summed E-state index contributed by atoms with van der Waals surface area (Å²) >= 11 is 6.05. The molecular weight excluding hydrogens is 432 g/mol. The number of amides is 3. The molecule has 2 unspecified atom stereocenters. The van der Waals surface area contributed by atoms with Gasteiger partial charge in [0.1, 0.15) is 11.6 Å². The first-order chi connectivity index (χ1) is 15.4. The summed E-state index contributed by atoms with van der Waals surface area (Å²) in [6.45, 7) is 1.92. The molecule has 3 aromatic rings. The number of halogens is 1. The quantitative estimate of drug-likeness (QED) is 0.468. The van der Waals surface area contributed by atoms with Gasteiger partial charge in [0.05, 0.1) is 18.5 Å². The van der Waals surface area contributed by atoms with E-state index in [0.717, 1.165) is 5.56 Å². The molecule has 10 heteroatoms.